The fourth-order valence-corrected chi connectivity index (χ4v) is 6.99. The average molecular weight is 581 g/mol. The van der Waals surface area contributed by atoms with Crippen molar-refractivity contribution in [2.45, 2.75) is 63.2 Å². The zero-order valence-electron chi connectivity index (χ0n) is 23.4. The second-order valence-electron chi connectivity index (χ2n) is 11.4. The van der Waals surface area contributed by atoms with Gasteiger partial charge in [0.25, 0.3) is 0 Å². The summed E-state index contributed by atoms with van der Waals surface area (Å²) in [5.74, 6) is 1.47. The minimum absolute atomic E-state index is 0.0235. The zero-order chi connectivity index (χ0) is 28.3. The number of furan rings is 1. The van der Waals surface area contributed by atoms with Gasteiger partial charge in [0.1, 0.15) is 11.5 Å². The summed E-state index contributed by atoms with van der Waals surface area (Å²) in [7, 11) is 1.32. The highest BCUT2D eigenvalue weighted by atomic mass is 35.5. The third-order valence-corrected chi connectivity index (χ3v) is 9.09. The van der Waals surface area contributed by atoms with Gasteiger partial charge in [-0.3, -0.25) is 9.69 Å². The van der Waals surface area contributed by atoms with Crippen LogP contribution in [0.25, 0.3) is 11.3 Å². The van der Waals surface area contributed by atoms with Crippen LogP contribution in [0.1, 0.15) is 60.8 Å². The van der Waals surface area contributed by atoms with Crippen LogP contribution >= 0.6 is 11.6 Å². The number of hydrogen-bond acceptors (Lipinski definition) is 8. The third kappa shape index (κ3) is 6.19. The Hall–Kier alpha value is -3.21. The topological polar surface area (TPSA) is 106 Å². The van der Waals surface area contributed by atoms with Crippen molar-refractivity contribution in [2.24, 2.45) is 5.92 Å². The monoisotopic (exact) mass is 580 g/mol. The molecule has 4 atom stereocenters. The number of carbonyl (C=O) groups excluding carboxylic acids is 2. The van der Waals surface area contributed by atoms with Crippen LogP contribution in [0, 0.1) is 5.92 Å². The number of rotatable bonds is 8. The number of amides is 1. The second kappa shape index (κ2) is 12.3. The van der Waals surface area contributed by atoms with E-state index in [-0.39, 0.29) is 23.7 Å². The van der Waals surface area contributed by atoms with E-state index in [0.29, 0.717) is 43.0 Å². The first kappa shape index (κ1) is 27.9. The van der Waals surface area contributed by atoms with Gasteiger partial charge in [0.05, 0.1) is 31.9 Å². The van der Waals surface area contributed by atoms with Crippen LogP contribution in [0.15, 0.2) is 47.0 Å². The molecule has 0 unspecified atom stereocenters. The van der Waals surface area contributed by atoms with Crippen molar-refractivity contribution in [3.63, 3.8) is 0 Å². The molecule has 0 bridgehead atoms. The molecule has 3 aliphatic heterocycles. The molecule has 3 aromatic rings. The molecule has 2 aromatic heterocycles. The lowest BCUT2D eigenvalue weighted by atomic mass is 9.83. The number of halogens is 1. The number of piperidine rings is 2. The van der Waals surface area contributed by atoms with Crippen LogP contribution < -0.4 is 5.32 Å². The summed E-state index contributed by atoms with van der Waals surface area (Å²) < 4.78 is 12.7. The Morgan fingerprint density at radius 3 is 2.88 bits per heavy atom. The molecular weight excluding hydrogens is 544 g/mol. The standard InChI is InChI=1S/C30H37ClN6O4/c1-40-30(39)25-19-37(34-33-25)23-15-27(29(38)32-16-21-7-5-13-35-12-3-2-9-26(21)35)36(17-23)18-24-10-11-28(41-24)20-6-4-8-22(31)14-20/h4,6,8,10-11,14,19,21,23,26-27H,2-3,5,7,9,12-13,15-18H2,1H3,(H,32,38)/t21-,23-,26+,27-/m0/s1. The van der Waals surface area contributed by atoms with Crippen LogP contribution in [0.3, 0.4) is 0 Å². The Morgan fingerprint density at radius 2 is 2.02 bits per heavy atom. The molecule has 1 aromatic carbocycles. The van der Waals surface area contributed by atoms with Crippen molar-refractivity contribution in [3.8, 4) is 11.3 Å². The van der Waals surface area contributed by atoms with Gasteiger partial charge in [0.15, 0.2) is 5.69 Å². The molecule has 1 amide bonds. The third-order valence-electron chi connectivity index (χ3n) is 8.86. The van der Waals surface area contributed by atoms with E-state index in [1.807, 2.05) is 36.4 Å². The molecule has 1 N–H and O–H groups in total. The fourth-order valence-electron chi connectivity index (χ4n) is 6.80. The van der Waals surface area contributed by atoms with Crippen molar-refractivity contribution in [1.29, 1.82) is 0 Å². The van der Waals surface area contributed by atoms with E-state index < -0.39 is 5.97 Å². The summed E-state index contributed by atoms with van der Waals surface area (Å²) in [6, 6.07) is 11.5. The van der Waals surface area contributed by atoms with Crippen molar-refractivity contribution in [2.75, 3.05) is 33.3 Å². The van der Waals surface area contributed by atoms with Gasteiger partial charge in [-0.2, -0.15) is 0 Å². The summed E-state index contributed by atoms with van der Waals surface area (Å²) in [4.78, 5) is 30.4. The van der Waals surface area contributed by atoms with E-state index in [1.165, 1.54) is 45.9 Å². The molecule has 3 aliphatic rings. The normalized spacial score (nSPS) is 25.1. The number of nitrogens with zero attached hydrogens (tertiary/aromatic N) is 5. The summed E-state index contributed by atoms with van der Waals surface area (Å²) in [6.07, 6.45) is 8.27. The van der Waals surface area contributed by atoms with Crippen LogP contribution in [-0.2, 0) is 16.1 Å². The number of fused-ring (bicyclic) bond motifs is 1. The smallest absolute Gasteiger partial charge is 0.360 e. The fraction of sp³-hybridized carbons (Fsp3) is 0.533. The SMILES string of the molecule is COC(=O)c1cn([C@H]2C[C@@H](C(=O)NC[C@@H]3CCCN4CCCC[C@H]34)N(Cc3ccc(-c4cccc(Cl)c4)o3)C2)nn1. The lowest BCUT2D eigenvalue weighted by Crippen LogP contribution is -2.52. The quantitative estimate of drug-likeness (QED) is 0.396. The summed E-state index contributed by atoms with van der Waals surface area (Å²) in [5.41, 5.74) is 1.05. The van der Waals surface area contributed by atoms with E-state index in [9.17, 15) is 9.59 Å². The van der Waals surface area contributed by atoms with E-state index in [2.05, 4.69) is 25.4 Å². The Labute approximate surface area is 244 Å². The number of carbonyl (C=O) groups is 2. The first-order valence-electron chi connectivity index (χ1n) is 14.6. The predicted molar refractivity (Wildman–Crippen MR) is 153 cm³/mol. The van der Waals surface area contributed by atoms with Crippen molar-refractivity contribution >= 4 is 23.5 Å². The molecule has 6 rings (SSSR count). The number of nitrogens with one attached hydrogen (secondary N) is 1. The molecule has 5 heterocycles. The lowest BCUT2D eigenvalue weighted by Gasteiger charge is -2.44. The van der Waals surface area contributed by atoms with Gasteiger partial charge in [-0.1, -0.05) is 35.4 Å². The highest BCUT2D eigenvalue weighted by molar-refractivity contribution is 6.30. The number of ether oxygens (including phenoxy) is 1. The Balaban J connectivity index is 1.17. The van der Waals surface area contributed by atoms with E-state index >= 15 is 0 Å². The second-order valence-corrected chi connectivity index (χ2v) is 11.9. The first-order valence-corrected chi connectivity index (χ1v) is 15.0. The van der Waals surface area contributed by atoms with Gasteiger partial charge in [-0.15, -0.1) is 5.10 Å². The maximum atomic E-state index is 13.7. The van der Waals surface area contributed by atoms with Gasteiger partial charge < -0.3 is 19.4 Å². The first-order chi connectivity index (χ1) is 20.0. The molecule has 10 nitrogen and oxygen atoms in total. The van der Waals surface area contributed by atoms with Crippen LogP contribution in [-0.4, -0.2) is 82.0 Å². The van der Waals surface area contributed by atoms with Gasteiger partial charge in [0.2, 0.25) is 5.91 Å². The predicted octanol–water partition coefficient (Wildman–Crippen LogP) is 4.17. The number of benzene rings is 1. The Kier molecular flexibility index (Phi) is 8.41. The lowest BCUT2D eigenvalue weighted by molar-refractivity contribution is -0.126. The zero-order valence-corrected chi connectivity index (χ0v) is 24.1. The van der Waals surface area contributed by atoms with E-state index in [0.717, 1.165) is 23.5 Å². The van der Waals surface area contributed by atoms with Gasteiger partial charge in [-0.25, -0.2) is 9.48 Å². The number of methoxy groups -OCH3 is 1. The Morgan fingerprint density at radius 1 is 1.15 bits per heavy atom. The average Bonchev–Trinajstić information content (AvgIpc) is 3.76. The Bertz CT molecular complexity index is 1370. The molecule has 11 heteroatoms. The van der Waals surface area contributed by atoms with Crippen LogP contribution in [0.5, 0.6) is 0 Å². The molecule has 0 aliphatic carbocycles. The minimum atomic E-state index is -0.534. The maximum Gasteiger partial charge on any atom is 0.360 e. The highest BCUT2D eigenvalue weighted by Crippen LogP contribution is 2.33. The number of hydrogen-bond donors (Lipinski definition) is 1. The molecule has 0 radical (unpaired) electrons. The molecule has 41 heavy (non-hydrogen) atoms. The van der Waals surface area contributed by atoms with Gasteiger partial charge in [-0.05, 0) is 75.4 Å². The maximum absolute atomic E-state index is 13.7. The number of aromatic nitrogens is 3. The van der Waals surface area contributed by atoms with Crippen molar-refractivity contribution < 1.29 is 18.7 Å². The number of esters is 1. The summed E-state index contributed by atoms with van der Waals surface area (Å²) in [6.45, 7) is 4.09. The minimum Gasteiger partial charge on any atom is -0.464 e. The van der Waals surface area contributed by atoms with E-state index in [1.54, 1.807) is 10.9 Å². The molecular formula is C30H37ClN6O4. The molecule has 218 valence electrons. The van der Waals surface area contributed by atoms with Gasteiger partial charge >= 0.3 is 5.97 Å². The van der Waals surface area contributed by atoms with Crippen LogP contribution in [0.4, 0.5) is 0 Å². The van der Waals surface area contributed by atoms with Gasteiger partial charge in [0, 0.05) is 29.7 Å². The largest absolute Gasteiger partial charge is 0.464 e. The number of likely N-dealkylation sites (tertiary alicyclic amines) is 1. The molecule has 0 saturated carbocycles. The summed E-state index contributed by atoms with van der Waals surface area (Å²) >= 11 is 6.18. The molecule has 3 fully saturated rings. The highest BCUT2D eigenvalue weighted by Gasteiger charge is 2.40. The van der Waals surface area contributed by atoms with Crippen molar-refractivity contribution in [1.82, 2.24) is 30.1 Å². The van der Waals surface area contributed by atoms with Crippen LogP contribution in [0.2, 0.25) is 5.02 Å². The van der Waals surface area contributed by atoms with Crippen molar-refractivity contribution in [3.05, 3.63) is 59.1 Å². The summed E-state index contributed by atoms with van der Waals surface area (Å²) in [5, 5.41) is 12.1. The molecule has 3 saturated heterocycles. The molecule has 0 spiro atoms. The van der Waals surface area contributed by atoms with E-state index in [4.69, 9.17) is 20.8 Å².